The number of nitrogens with zero attached hydrogens (tertiary/aromatic N) is 1. The molecule has 3 nitrogen and oxygen atoms in total. The van der Waals surface area contributed by atoms with Crippen molar-refractivity contribution in [2.24, 2.45) is 5.16 Å². The van der Waals surface area contributed by atoms with Gasteiger partial charge in [0.1, 0.15) is 11.5 Å². The first kappa shape index (κ1) is 10.8. The molecule has 0 unspecified atom stereocenters. The van der Waals surface area contributed by atoms with Crippen LogP contribution in [0.25, 0.3) is 11.3 Å². The number of hydrogen-bond acceptors (Lipinski definition) is 3. The van der Waals surface area contributed by atoms with Crippen molar-refractivity contribution < 1.29 is 9.62 Å². The van der Waals surface area contributed by atoms with Crippen LogP contribution in [0.15, 0.2) is 46.0 Å². The molecule has 0 fully saturated rings. The Hall–Kier alpha value is -1.74. The number of furan rings is 1. The van der Waals surface area contributed by atoms with Gasteiger partial charge in [0.05, 0.1) is 5.02 Å². The van der Waals surface area contributed by atoms with Gasteiger partial charge in [0.2, 0.25) is 0 Å². The van der Waals surface area contributed by atoms with Gasteiger partial charge >= 0.3 is 0 Å². The van der Waals surface area contributed by atoms with Crippen LogP contribution in [0.4, 0.5) is 0 Å². The molecule has 0 aliphatic carbocycles. The van der Waals surface area contributed by atoms with E-state index in [1.165, 1.54) is 0 Å². The molecule has 0 radical (unpaired) electrons. The van der Waals surface area contributed by atoms with Crippen LogP contribution in [0, 0.1) is 0 Å². The molecule has 1 aromatic heterocycles. The molecule has 16 heavy (non-hydrogen) atoms. The van der Waals surface area contributed by atoms with E-state index in [-0.39, 0.29) is 0 Å². The quantitative estimate of drug-likeness (QED) is 0.489. The number of rotatable bonds is 2. The fourth-order valence-electron chi connectivity index (χ4n) is 1.39. The third-order valence-electron chi connectivity index (χ3n) is 2.25. The van der Waals surface area contributed by atoms with Crippen LogP contribution in [-0.4, -0.2) is 10.9 Å². The monoisotopic (exact) mass is 235 g/mol. The van der Waals surface area contributed by atoms with Gasteiger partial charge in [-0.25, -0.2) is 0 Å². The van der Waals surface area contributed by atoms with Crippen molar-refractivity contribution in [3.63, 3.8) is 0 Å². The average Bonchev–Trinajstić information content (AvgIpc) is 2.78. The van der Waals surface area contributed by atoms with E-state index < -0.39 is 0 Å². The maximum atomic E-state index is 8.62. The molecule has 0 saturated carbocycles. The van der Waals surface area contributed by atoms with Crippen LogP contribution in [0.3, 0.4) is 0 Å². The van der Waals surface area contributed by atoms with E-state index in [4.69, 9.17) is 21.2 Å². The van der Waals surface area contributed by atoms with Gasteiger partial charge in [-0.3, -0.25) is 0 Å². The molecule has 1 heterocycles. The summed E-state index contributed by atoms with van der Waals surface area (Å²) >= 11 is 6.04. The Morgan fingerprint density at radius 1 is 1.25 bits per heavy atom. The maximum absolute atomic E-state index is 8.62. The van der Waals surface area contributed by atoms with Crippen molar-refractivity contribution >= 4 is 17.3 Å². The molecule has 0 atom stereocenters. The molecule has 0 spiro atoms. The highest BCUT2D eigenvalue weighted by atomic mass is 35.5. The minimum Gasteiger partial charge on any atom is -0.455 e. The van der Waals surface area contributed by atoms with Gasteiger partial charge < -0.3 is 9.62 Å². The molecule has 1 N–H and O–H groups in total. The van der Waals surface area contributed by atoms with Crippen molar-refractivity contribution in [1.82, 2.24) is 0 Å². The van der Waals surface area contributed by atoms with Gasteiger partial charge in [-0.1, -0.05) is 28.9 Å². The summed E-state index contributed by atoms with van der Waals surface area (Å²) in [6.07, 6.45) is 0. The largest absolute Gasteiger partial charge is 0.455 e. The highest BCUT2D eigenvalue weighted by Crippen LogP contribution is 2.29. The summed E-state index contributed by atoms with van der Waals surface area (Å²) < 4.78 is 5.53. The van der Waals surface area contributed by atoms with Crippen LogP contribution < -0.4 is 0 Å². The van der Waals surface area contributed by atoms with Gasteiger partial charge in [-0.2, -0.15) is 0 Å². The molecular formula is C12H10ClNO2. The van der Waals surface area contributed by atoms with Crippen molar-refractivity contribution in [2.45, 2.75) is 6.92 Å². The minimum absolute atomic E-state index is 0.429. The lowest BCUT2D eigenvalue weighted by Crippen LogP contribution is -1.89. The summed E-state index contributed by atoms with van der Waals surface area (Å²) in [5.74, 6) is 1.18. The SMILES string of the molecule is C/C(=N\O)c1ccc(-c2ccccc2Cl)o1. The van der Waals surface area contributed by atoms with Crippen molar-refractivity contribution in [3.8, 4) is 11.3 Å². The average molecular weight is 236 g/mol. The van der Waals surface area contributed by atoms with Gasteiger partial charge in [-0.15, -0.1) is 0 Å². The summed E-state index contributed by atoms with van der Waals surface area (Å²) in [5, 5.41) is 12.3. The molecule has 0 bridgehead atoms. The van der Waals surface area contributed by atoms with E-state index in [9.17, 15) is 0 Å². The Bertz CT molecular complexity index is 531. The van der Waals surface area contributed by atoms with Crippen molar-refractivity contribution in [2.75, 3.05) is 0 Å². The highest BCUT2D eigenvalue weighted by Gasteiger charge is 2.09. The number of hydrogen-bond donors (Lipinski definition) is 1. The van der Waals surface area contributed by atoms with E-state index in [0.717, 1.165) is 5.56 Å². The predicted molar refractivity (Wildman–Crippen MR) is 63.2 cm³/mol. The van der Waals surface area contributed by atoms with Crippen molar-refractivity contribution in [3.05, 3.63) is 47.2 Å². The van der Waals surface area contributed by atoms with Crippen molar-refractivity contribution in [1.29, 1.82) is 0 Å². The summed E-state index contributed by atoms with van der Waals surface area (Å²) in [4.78, 5) is 0. The van der Waals surface area contributed by atoms with Crippen LogP contribution in [-0.2, 0) is 0 Å². The molecule has 2 aromatic rings. The van der Waals surface area contributed by atoms with Crippen LogP contribution in [0.2, 0.25) is 5.02 Å². The zero-order valence-electron chi connectivity index (χ0n) is 8.64. The smallest absolute Gasteiger partial charge is 0.152 e. The van der Waals surface area contributed by atoms with E-state index >= 15 is 0 Å². The second kappa shape index (κ2) is 4.41. The third kappa shape index (κ3) is 1.95. The first-order valence-corrected chi connectivity index (χ1v) is 5.14. The second-order valence-electron chi connectivity index (χ2n) is 3.33. The molecule has 0 aliphatic heterocycles. The maximum Gasteiger partial charge on any atom is 0.152 e. The normalized spacial score (nSPS) is 11.8. The molecule has 82 valence electrons. The topological polar surface area (TPSA) is 45.7 Å². The lowest BCUT2D eigenvalue weighted by Gasteiger charge is -1.99. The van der Waals surface area contributed by atoms with Crippen LogP contribution >= 0.6 is 11.6 Å². The molecule has 4 heteroatoms. The Kier molecular flexibility index (Phi) is 2.97. The molecular weight excluding hydrogens is 226 g/mol. The van der Waals surface area contributed by atoms with Gasteiger partial charge in [-0.05, 0) is 31.2 Å². The Morgan fingerprint density at radius 2 is 2.00 bits per heavy atom. The Labute approximate surface area is 98.0 Å². The lowest BCUT2D eigenvalue weighted by molar-refractivity contribution is 0.317. The number of halogens is 1. The fraction of sp³-hybridized carbons (Fsp3) is 0.0833. The minimum atomic E-state index is 0.429. The molecule has 0 amide bonds. The predicted octanol–water partition coefficient (Wildman–Crippen LogP) is 3.80. The Balaban J connectivity index is 2.43. The highest BCUT2D eigenvalue weighted by molar-refractivity contribution is 6.33. The van der Waals surface area contributed by atoms with Crippen LogP contribution in [0.1, 0.15) is 12.7 Å². The standard InChI is InChI=1S/C12H10ClNO2/c1-8(14-15)11-6-7-12(16-11)9-4-2-3-5-10(9)13/h2-7,15H,1H3/b14-8+. The first-order valence-electron chi connectivity index (χ1n) is 4.76. The second-order valence-corrected chi connectivity index (χ2v) is 3.74. The third-order valence-corrected chi connectivity index (χ3v) is 2.58. The van der Waals surface area contributed by atoms with E-state index in [0.29, 0.717) is 22.3 Å². The summed E-state index contributed by atoms with van der Waals surface area (Å²) in [5.41, 5.74) is 1.25. The van der Waals surface area contributed by atoms with Gasteiger partial charge in [0, 0.05) is 5.56 Å². The van der Waals surface area contributed by atoms with E-state index in [1.807, 2.05) is 18.2 Å². The van der Waals surface area contributed by atoms with Crippen LogP contribution in [0.5, 0.6) is 0 Å². The Morgan fingerprint density at radius 3 is 2.69 bits per heavy atom. The van der Waals surface area contributed by atoms with Gasteiger partial charge in [0.25, 0.3) is 0 Å². The number of oxime groups is 1. The lowest BCUT2D eigenvalue weighted by atomic mass is 10.2. The van der Waals surface area contributed by atoms with Gasteiger partial charge in [0.15, 0.2) is 5.76 Å². The van der Waals surface area contributed by atoms with E-state index in [2.05, 4.69) is 5.16 Å². The zero-order chi connectivity index (χ0) is 11.5. The summed E-state index contributed by atoms with van der Waals surface area (Å²) in [7, 11) is 0. The number of benzene rings is 1. The zero-order valence-corrected chi connectivity index (χ0v) is 9.40. The molecule has 1 aromatic carbocycles. The molecule has 2 rings (SSSR count). The molecule has 0 aliphatic rings. The first-order chi connectivity index (χ1) is 7.72. The molecule has 0 saturated heterocycles. The summed E-state index contributed by atoms with van der Waals surface area (Å²) in [6.45, 7) is 1.66. The fourth-order valence-corrected chi connectivity index (χ4v) is 1.62. The summed E-state index contributed by atoms with van der Waals surface area (Å²) in [6, 6.07) is 11.0. The van der Waals surface area contributed by atoms with E-state index in [1.54, 1.807) is 25.1 Å².